The van der Waals surface area contributed by atoms with Crippen molar-refractivity contribution in [1.82, 2.24) is 10.2 Å². The average molecular weight is 465 g/mol. The van der Waals surface area contributed by atoms with Crippen molar-refractivity contribution in [2.45, 2.75) is 37.0 Å². The molecule has 0 aliphatic carbocycles. The van der Waals surface area contributed by atoms with Crippen LogP contribution in [0.15, 0.2) is 53.4 Å². The zero-order valence-corrected chi connectivity index (χ0v) is 19.2. The molecule has 0 aromatic heterocycles. The molecule has 0 saturated carbocycles. The first kappa shape index (κ1) is 26.0. The number of unbranched alkanes of at least 4 members (excludes halogenated alkanes) is 1. The van der Waals surface area contributed by atoms with Crippen molar-refractivity contribution in [3.8, 4) is 0 Å². The van der Waals surface area contributed by atoms with Crippen LogP contribution in [0.1, 0.15) is 29.5 Å². The third kappa shape index (κ3) is 9.46. The summed E-state index contributed by atoms with van der Waals surface area (Å²) in [6, 6.07) is 14.7. The zero-order valence-electron chi connectivity index (χ0n) is 18.4. The molecule has 2 aromatic rings. The molecule has 0 unspecified atom stereocenters. The topological polar surface area (TPSA) is 114 Å². The quantitative estimate of drug-likeness (QED) is 0.212. The van der Waals surface area contributed by atoms with Crippen LogP contribution in [0.4, 0.5) is 0 Å². The number of hydroxylamine groups is 1. The number of amides is 1. The predicted octanol–water partition coefficient (Wildman–Crippen LogP) is 2.24. The standard InChI is InChI=1S/C23H32N2O6S/c1-30-16-17-31-15-14-24-32(28,29)22-12-10-20(11-13-22)5-3-2-4-19-6-8-21(9-7-19)18-23(26)25-27/h6-13,24,27H,2-5,14-18H2,1H3,(H,25,26). The number of aryl methyl sites for hydroxylation is 2. The smallest absolute Gasteiger partial charge is 0.247 e. The molecule has 2 aromatic carbocycles. The molecule has 3 N–H and O–H groups in total. The highest BCUT2D eigenvalue weighted by molar-refractivity contribution is 7.89. The number of hydrogen-bond acceptors (Lipinski definition) is 6. The van der Waals surface area contributed by atoms with E-state index in [4.69, 9.17) is 14.7 Å². The van der Waals surface area contributed by atoms with Crippen LogP contribution in [0.25, 0.3) is 0 Å². The Morgan fingerprint density at radius 2 is 1.44 bits per heavy atom. The molecule has 0 heterocycles. The van der Waals surface area contributed by atoms with Gasteiger partial charge in [0.1, 0.15) is 0 Å². The fourth-order valence-corrected chi connectivity index (χ4v) is 4.13. The van der Waals surface area contributed by atoms with E-state index in [-0.39, 0.29) is 17.9 Å². The van der Waals surface area contributed by atoms with Crippen molar-refractivity contribution in [3.63, 3.8) is 0 Å². The maximum absolute atomic E-state index is 12.3. The lowest BCUT2D eigenvalue weighted by Crippen LogP contribution is -2.27. The minimum absolute atomic E-state index is 0.153. The average Bonchev–Trinajstić information content (AvgIpc) is 2.80. The van der Waals surface area contributed by atoms with E-state index in [1.807, 2.05) is 36.4 Å². The van der Waals surface area contributed by atoms with Gasteiger partial charge in [0.25, 0.3) is 0 Å². The SMILES string of the molecule is COCCOCCNS(=O)(=O)c1ccc(CCCCc2ccc(CC(=O)NO)cc2)cc1. The van der Waals surface area contributed by atoms with Gasteiger partial charge in [-0.25, -0.2) is 18.6 Å². The van der Waals surface area contributed by atoms with Gasteiger partial charge in [-0.1, -0.05) is 36.4 Å². The normalized spacial score (nSPS) is 11.4. The van der Waals surface area contributed by atoms with Crippen molar-refractivity contribution in [2.24, 2.45) is 0 Å². The molecule has 0 saturated heterocycles. The number of nitrogens with one attached hydrogen (secondary N) is 2. The zero-order chi connectivity index (χ0) is 23.2. The van der Waals surface area contributed by atoms with E-state index in [1.165, 1.54) is 5.56 Å². The van der Waals surface area contributed by atoms with E-state index in [0.717, 1.165) is 36.8 Å². The third-order valence-electron chi connectivity index (χ3n) is 4.90. The first-order chi connectivity index (χ1) is 15.4. The Morgan fingerprint density at radius 3 is 2.00 bits per heavy atom. The van der Waals surface area contributed by atoms with Crippen LogP contribution < -0.4 is 10.2 Å². The van der Waals surface area contributed by atoms with E-state index in [1.54, 1.807) is 24.7 Å². The Kier molecular flexibility index (Phi) is 11.3. The summed E-state index contributed by atoms with van der Waals surface area (Å²) in [5.41, 5.74) is 4.77. The Morgan fingerprint density at radius 1 is 0.875 bits per heavy atom. The molecular formula is C23H32N2O6S. The van der Waals surface area contributed by atoms with Crippen molar-refractivity contribution >= 4 is 15.9 Å². The number of methoxy groups -OCH3 is 1. The molecule has 9 heteroatoms. The molecule has 8 nitrogen and oxygen atoms in total. The number of carbonyl (C=O) groups is 1. The molecule has 0 fully saturated rings. The maximum Gasteiger partial charge on any atom is 0.247 e. The highest BCUT2D eigenvalue weighted by atomic mass is 32.2. The molecular weight excluding hydrogens is 432 g/mol. The van der Waals surface area contributed by atoms with Gasteiger partial charge in [-0.3, -0.25) is 10.0 Å². The van der Waals surface area contributed by atoms with Crippen LogP contribution in [0.5, 0.6) is 0 Å². The number of sulfonamides is 1. The lowest BCUT2D eigenvalue weighted by atomic mass is 10.0. The summed E-state index contributed by atoms with van der Waals surface area (Å²) in [5, 5.41) is 8.57. The monoisotopic (exact) mass is 464 g/mol. The second kappa shape index (κ2) is 14.0. The Labute approximate surface area is 190 Å². The van der Waals surface area contributed by atoms with Crippen LogP contribution >= 0.6 is 0 Å². The maximum atomic E-state index is 12.3. The van der Waals surface area contributed by atoms with E-state index in [0.29, 0.717) is 19.8 Å². The van der Waals surface area contributed by atoms with Gasteiger partial charge < -0.3 is 9.47 Å². The molecule has 0 aliphatic rings. The minimum atomic E-state index is -3.54. The van der Waals surface area contributed by atoms with Gasteiger partial charge in [0.05, 0.1) is 31.1 Å². The third-order valence-corrected chi connectivity index (χ3v) is 6.37. The van der Waals surface area contributed by atoms with E-state index in [9.17, 15) is 13.2 Å². The number of carbonyl (C=O) groups excluding carboxylic acids is 1. The number of hydrogen-bond donors (Lipinski definition) is 3. The van der Waals surface area contributed by atoms with Gasteiger partial charge in [0, 0.05) is 13.7 Å². The van der Waals surface area contributed by atoms with Crippen LogP contribution in [-0.4, -0.2) is 53.0 Å². The Hall–Kier alpha value is -2.30. The highest BCUT2D eigenvalue weighted by Crippen LogP contribution is 2.14. The molecule has 0 bridgehead atoms. The summed E-state index contributed by atoms with van der Waals surface area (Å²) >= 11 is 0. The molecule has 32 heavy (non-hydrogen) atoms. The summed E-state index contributed by atoms with van der Waals surface area (Å²) in [5.74, 6) is -0.431. The molecule has 1 amide bonds. The summed E-state index contributed by atoms with van der Waals surface area (Å²) < 4.78 is 37.3. The fourth-order valence-electron chi connectivity index (χ4n) is 3.12. The largest absolute Gasteiger partial charge is 0.382 e. The number of rotatable bonds is 15. The Bertz CT molecular complexity index is 915. The fraction of sp³-hybridized carbons (Fsp3) is 0.435. The Balaban J connectivity index is 1.70. The molecule has 2 rings (SSSR count). The molecule has 0 atom stereocenters. The van der Waals surface area contributed by atoms with E-state index in [2.05, 4.69) is 4.72 Å². The first-order valence-corrected chi connectivity index (χ1v) is 12.1. The van der Waals surface area contributed by atoms with Crippen molar-refractivity contribution in [1.29, 1.82) is 0 Å². The molecule has 0 radical (unpaired) electrons. The van der Waals surface area contributed by atoms with Gasteiger partial charge in [-0.15, -0.1) is 0 Å². The van der Waals surface area contributed by atoms with Gasteiger partial charge in [-0.05, 0) is 54.5 Å². The van der Waals surface area contributed by atoms with E-state index < -0.39 is 15.9 Å². The summed E-state index contributed by atoms with van der Waals surface area (Å²) in [7, 11) is -1.96. The summed E-state index contributed by atoms with van der Waals surface area (Å²) in [6.07, 6.45) is 3.93. The van der Waals surface area contributed by atoms with Crippen molar-refractivity contribution < 1.29 is 27.9 Å². The second-order valence-electron chi connectivity index (χ2n) is 7.38. The van der Waals surface area contributed by atoms with Crippen LogP contribution in [0.3, 0.4) is 0 Å². The minimum Gasteiger partial charge on any atom is -0.382 e. The highest BCUT2D eigenvalue weighted by Gasteiger charge is 2.13. The van der Waals surface area contributed by atoms with Crippen LogP contribution in [0, 0.1) is 0 Å². The van der Waals surface area contributed by atoms with Gasteiger partial charge in [0.15, 0.2) is 0 Å². The van der Waals surface area contributed by atoms with Gasteiger partial charge >= 0.3 is 0 Å². The van der Waals surface area contributed by atoms with Crippen LogP contribution in [-0.2, 0) is 43.6 Å². The first-order valence-electron chi connectivity index (χ1n) is 10.6. The second-order valence-corrected chi connectivity index (χ2v) is 9.15. The molecule has 0 aliphatic heterocycles. The number of ether oxygens (including phenoxy) is 2. The predicted molar refractivity (Wildman–Crippen MR) is 121 cm³/mol. The summed E-state index contributed by atoms with van der Waals surface area (Å²) in [4.78, 5) is 11.4. The lowest BCUT2D eigenvalue weighted by molar-refractivity contribution is -0.128. The molecule has 0 spiro atoms. The molecule has 176 valence electrons. The number of benzene rings is 2. The van der Waals surface area contributed by atoms with Crippen molar-refractivity contribution in [2.75, 3.05) is 33.5 Å². The van der Waals surface area contributed by atoms with Gasteiger partial charge in [-0.2, -0.15) is 0 Å². The van der Waals surface area contributed by atoms with Crippen LogP contribution in [0.2, 0.25) is 0 Å². The van der Waals surface area contributed by atoms with Crippen molar-refractivity contribution in [3.05, 3.63) is 65.2 Å². The summed E-state index contributed by atoms with van der Waals surface area (Å²) in [6.45, 7) is 1.42. The lowest BCUT2D eigenvalue weighted by Gasteiger charge is -2.08. The van der Waals surface area contributed by atoms with E-state index >= 15 is 0 Å². The van der Waals surface area contributed by atoms with Gasteiger partial charge in [0.2, 0.25) is 15.9 Å².